The van der Waals surface area contributed by atoms with E-state index < -0.39 is 23.3 Å². The number of alkyl halides is 1. The maximum Gasteiger partial charge on any atom is 0.346 e. The van der Waals surface area contributed by atoms with E-state index in [1.165, 1.54) is 29.5 Å². The molecule has 9 rings (SSSR count). The first-order chi connectivity index (χ1) is 24.1. The molecule has 0 saturated carbocycles. The predicted molar refractivity (Wildman–Crippen MR) is 182 cm³/mol. The molecule has 4 fully saturated rings. The van der Waals surface area contributed by atoms with Crippen molar-refractivity contribution < 1.29 is 22.7 Å². The number of nitrogen functional groups attached to an aromatic ring is 1. The number of amides is 1. The molecule has 2 N–H and O–H groups in total. The van der Waals surface area contributed by atoms with Crippen LogP contribution in [-0.2, 0) is 0 Å². The number of rotatable bonds is 5. The van der Waals surface area contributed by atoms with Crippen LogP contribution < -0.4 is 15.4 Å². The summed E-state index contributed by atoms with van der Waals surface area (Å²) in [7, 11) is 0. The number of aromatic nitrogens is 6. The van der Waals surface area contributed by atoms with E-state index >= 15 is 4.39 Å². The molecule has 0 unspecified atom stereocenters. The average molecular weight is 725 g/mol. The first-order valence-corrected chi connectivity index (χ1v) is 17.8. The number of likely N-dealkylation sites (tertiary alicyclic amines) is 1. The average Bonchev–Trinajstić information content (AvgIpc) is 3.89. The van der Waals surface area contributed by atoms with E-state index in [1.807, 2.05) is 9.80 Å². The smallest absolute Gasteiger partial charge is 0.346 e. The van der Waals surface area contributed by atoms with Crippen molar-refractivity contribution in [2.45, 2.75) is 55.8 Å². The quantitative estimate of drug-likeness (QED) is 0.242. The van der Waals surface area contributed by atoms with Crippen molar-refractivity contribution in [2.24, 2.45) is 0 Å². The van der Waals surface area contributed by atoms with E-state index in [9.17, 15) is 13.6 Å². The molecule has 260 valence electrons. The van der Waals surface area contributed by atoms with E-state index in [-0.39, 0.29) is 61.2 Å². The van der Waals surface area contributed by atoms with Crippen molar-refractivity contribution in [3.8, 4) is 17.1 Å². The summed E-state index contributed by atoms with van der Waals surface area (Å²) in [6.45, 7) is 2.99. The lowest BCUT2D eigenvalue weighted by Gasteiger charge is -2.56. The Morgan fingerprint density at radius 2 is 1.90 bits per heavy atom. The molecule has 0 bridgehead atoms. The van der Waals surface area contributed by atoms with Gasteiger partial charge in [0.25, 0.3) is 0 Å². The molecular formula is C33H32ClF3N10O2S. The summed E-state index contributed by atoms with van der Waals surface area (Å²) >= 11 is 7.82. The summed E-state index contributed by atoms with van der Waals surface area (Å²) in [5.74, 6) is -0.810. The number of piperidine rings is 1. The van der Waals surface area contributed by atoms with Gasteiger partial charge in [-0.05, 0) is 56.8 Å². The Morgan fingerprint density at radius 3 is 2.66 bits per heavy atom. The maximum atomic E-state index is 16.9. The largest absolute Gasteiger partial charge is 0.461 e. The van der Waals surface area contributed by atoms with E-state index in [0.29, 0.717) is 56.6 Å². The van der Waals surface area contributed by atoms with E-state index in [0.717, 1.165) is 37.1 Å². The van der Waals surface area contributed by atoms with Crippen LogP contribution in [-0.4, -0.2) is 102 Å². The van der Waals surface area contributed by atoms with Crippen LogP contribution in [0.1, 0.15) is 38.5 Å². The molecule has 17 heteroatoms. The van der Waals surface area contributed by atoms with Gasteiger partial charge in [0.15, 0.2) is 10.9 Å². The molecule has 1 spiro atoms. The standard InChI is InChI=1S/C33H32ClF3N10O2S/c34-21-12-20-25(24(37)23(21)19-2-3-22(36)27-26(19)41-29(38)50-27)42-30(49-15-33-4-1-8-45(33)14-18(35)13-33)43-28(20)44-9-5-32(6-10-44)7-11-46(32)31(48)47-17-39-16-40-47/h2-3,12,16-18H,1,4-11,13-15H2,(H2,38,41)/t18-,33+/m1/s1. The molecule has 2 atom stereocenters. The van der Waals surface area contributed by atoms with Crippen LogP contribution in [0.4, 0.5) is 28.9 Å². The Labute approximate surface area is 293 Å². The lowest BCUT2D eigenvalue weighted by atomic mass is 9.76. The van der Waals surface area contributed by atoms with Crippen molar-refractivity contribution in [3.05, 3.63) is 47.5 Å². The Balaban J connectivity index is 1.10. The second-order valence-corrected chi connectivity index (χ2v) is 15.1. The molecule has 4 aliphatic rings. The van der Waals surface area contributed by atoms with Gasteiger partial charge < -0.3 is 20.3 Å². The van der Waals surface area contributed by atoms with Crippen LogP contribution in [0.5, 0.6) is 6.01 Å². The number of halogens is 4. The summed E-state index contributed by atoms with van der Waals surface area (Å²) in [6.07, 6.45) is 6.03. The number of ether oxygens (including phenoxy) is 1. The maximum absolute atomic E-state index is 16.9. The van der Waals surface area contributed by atoms with Crippen molar-refractivity contribution in [1.29, 1.82) is 0 Å². The lowest BCUT2D eigenvalue weighted by molar-refractivity contribution is 0.00385. The molecule has 12 nitrogen and oxygen atoms in total. The van der Waals surface area contributed by atoms with Crippen molar-refractivity contribution >= 4 is 61.0 Å². The summed E-state index contributed by atoms with van der Waals surface area (Å²) in [6, 6.07) is 4.05. The fourth-order valence-electron chi connectivity index (χ4n) is 8.48. The summed E-state index contributed by atoms with van der Waals surface area (Å²) in [5.41, 5.74) is 5.60. The molecule has 4 aliphatic heterocycles. The van der Waals surface area contributed by atoms with Crippen molar-refractivity contribution in [2.75, 3.05) is 50.0 Å². The van der Waals surface area contributed by atoms with Crippen LogP contribution in [0.2, 0.25) is 5.02 Å². The van der Waals surface area contributed by atoms with E-state index in [1.54, 1.807) is 6.07 Å². The molecule has 0 radical (unpaired) electrons. The predicted octanol–water partition coefficient (Wildman–Crippen LogP) is 5.68. The second kappa shape index (κ2) is 11.6. The van der Waals surface area contributed by atoms with Crippen LogP contribution in [0, 0.1) is 11.6 Å². The number of thiazole rings is 1. The molecule has 4 saturated heterocycles. The fraction of sp³-hybridized carbons (Fsp3) is 0.455. The van der Waals surface area contributed by atoms with Gasteiger partial charge in [-0.15, -0.1) is 0 Å². The van der Waals surface area contributed by atoms with Crippen molar-refractivity contribution in [3.63, 3.8) is 0 Å². The number of anilines is 2. The number of hydrogen-bond acceptors (Lipinski definition) is 11. The van der Waals surface area contributed by atoms with Crippen LogP contribution >= 0.6 is 22.9 Å². The van der Waals surface area contributed by atoms with Gasteiger partial charge in [0, 0.05) is 54.7 Å². The van der Waals surface area contributed by atoms with Crippen LogP contribution in [0.3, 0.4) is 0 Å². The Hall–Kier alpha value is -4.28. The highest BCUT2D eigenvalue weighted by molar-refractivity contribution is 7.22. The zero-order valence-corrected chi connectivity index (χ0v) is 28.4. The topological polar surface area (TPSA) is 131 Å². The molecule has 1 amide bonds. The number of benzene rings is 2. The molecule has 0 aliphatic carbocycles. The Bertz CT molecular complexity index is 2160. The van der Waals surface area contributed by atoms with Crippen molar-refractivity contribution in [1.82, 2.24) is 39.5 Å². The monoisotopic (exact) mass is 724 g/mol. The lowest BCUT2D eigenvalue weighted by Crippen LogP contribution is -2.66. The minimum absolute atomic E-state index is 0.0102. The molecule has 7 heterocycles. The second-order valence-electron chi connectivity index (χ2n) is 13.7. The highest BCUT2D eigenvalue weighted by Gasteiger charge is 2.51. The third-order valence-corrected chi connectivity index (χ3v) is 12.3. The first kappa shape index (κ1) is 31.7. The van der Waals surface area contributed by atoms with E-state index in [4.69, 9.17) is 27.1 Å². The van der Waals surface area contributed by atoms with Gasteiger partial charge in [0.1, 0.15) is 42.6 Å². The van der Waals surface area contributed by atoms with Gasteiger partial charge in [-0.3, -0.25) is 4.90 Å². The zero-order valence-electron chi connectivity index (χ0n) is 26.8. The highest BCUT2D eigenvalue weighted by atomic mass is 35.5. The minimum Gasteiger partial charge on any atom is -0.461 e. The molecule has 2 aromatic carbocycles. The van der Waals surface area contributed by atoms with Gasteiger partial charge in [-0.1, -0.05) is 22.9 Å². The molecular weight excluding hydrogens is 693 g/mol. The molecule has 3 aromatic heterocycles. The van der Waals surface area contributed by atoms with Crippen LogP contribution in [0.25, 0.3) is 32.2 Å². The third-order valence-electron chi connectivity index (χ3n) is 11.1. The van der Waals surface area contributed by atoms with Gasteiger partial charge >= 0.3 is 12.0 Å². The molecule has 5 aromatic rings. The van der Waals surface area contributed by atoms with Gasteiger partial charge in [0.2, 0.25) is 0 Å². The number of hydrogen-bond donors (Lipinski definition) is 1. The Kier molecular flexibility index (Phi) is 7.37. The third kappa shape index (κ3) is 4.89. The van der Waals surface area contributed by atoms with E-state index in [2.05, 4.69) is 25.0 Å². The summed E-state index contributed by atoms with van der Waals surface area (Å²) in [4.78, 5) is 36.8. The number of nitrogens with zero attached hydrogens (tertiary/aromatic N) is 9. The number of nitrogens with two attached hydrogens (primary N) is 1. The number of carbonyl (C=O) groups is 1. The first-order valence-electron chi connectivity index (χ1n) is 16.6. The Morgan fingerprint density at radius 1 is 1.08 bits per heavy atom. The number of fused-ring (bicyclic) bond motifs is 3. The zero-order chi connectivity index (χ0) is 34.4. The fourth-order valence-corrected chi connectivity index (χ4v) is 9.54. The van der Waals surface area contributed by atoms with Gasteiger partial charge in [-0.25, -0.2) is 27.9 Å². The SMILES string of the molecule is Nc1nc2c(-c3c(Cl)cc4c(N5CCC6(CC5)CCN6C(=O)n5cncn5)nc(OC[C@@]56CCCN5C[C@H](F)C6)nc4c3F)ccc(F)c2s1. The number of carbonyl (C=O) groups excluding carboxylic acids is 1. The highest BCUT2D eigenvalue weighted by Crippen LogP contribution is 2.46. The molecule has 50 heavy (non-hydrogen) atoms. The van der Waals surface area contributed by atoms with Gasteiger partial charge in [0.05, 0.1) is 20.8 Å². The minimum atomic E-state index is -0.940. The summed E-state index contributed by atoms with van der Waals surface area (Å²) in [5, 5.41) is 4.61. The summed E-state index contributed by atoms with van der Waals surface area (Å²) < 4.78 is 53.9. The normalized spacial score (nSPS) is 23.2. The van der Waals surface area contributed by atoms with Crippen LogP contribution in [0.15, 0.2) is 30.9 Å². The van der Waals surface area contributed by atoms with Gasteiger partial charge in [-0.2, -0.15) is 19.7 Å².